The summed E-state index contributed by atoms with van der Waals surface area (Å²) in [6.07, 6.45) is -1.32. The SMILES string of the molecule is CC(=O)O.CCOc1ccc(OCC(F)(F)F)c(C(=O)NCC2CCCCN2)c1. The van der Waals surface area contributed by atoms with E-state index in [2.05, 4.69) is 10.6 Å². The largest absolute Gasteiger partial charge is 0.494 e. The van der Waals surface area contributed by atoms with Crippen LogP contribution in [0.25, 0.3) is 0 Å². The fourth-order valence-corrected chi connectivity index (χ4v) is 2.64. The van der Waals surface area contributed by atoms with Crippen molar-refractivity contribution in [1.82, 2.24) is 10.6 Å². The molecule has 1 atom stereocenters. The van der Waals surface area contributed by atoms with Crippen molar-refractivity contribution in [3.8, 4) is 11.5 Å². The molecule has 1 aliphatic rings. The van der Waals surface area contributed by atoms with Crippen molar-refractivity contribution in [3.63, 3.8) is 0 Å². The lowest BCUT2D eigenvalue weighted by Gasteiger charge is -2.24. The number of benzene rings is 1. The van der Waals surface area contributed by atoms with Crippen LogP contribution < -0.4 is 20.1 Å². The zero-order chi connectivity index (χ0) is 21.9. The maximum Gasteiger partial charge on any atom is 0.422 e. The fourth-order valence-electron chi connectivity index (χ4n) is 2.64. The minimum atomic E-state index is -4.47. The molecule has 1 aromatic carbocycles. The molecule has 1 aromatic rings. The molecule has 164 valence electrons. The Morgan fingerprint density at radius 3 is 2.52 bits per heavy atom. The first-order valence-corrected chi connectivity index (χ1v) is 9.30. The van der Waals surface area contributed by atoms with Gasteiger partial charge >= 0.3 is 6.18 Å². The Bertz CT molecular complexity index is 658. The van der Waals surface area contributed by atoms with Gasteiger partial charge in [-0.1, -0.05) is 6.42 Å². The number of hydrogen-bond acceptors (Lipinski definition) is 5. The summed E-state index contributed by atoms with van der Waals surface area (Å²) in [5, 5.41) is 13.5. The lowest BCUT2D eigenvalue weighted by atomic mass is 10.0. The van der Waals surface area contributed by atoms with Crippen LogP contribution in [0, 0.1) is 0 Å². The minimum absolute atomic E-state index is 0.0333. The molecule has 29 heavy (non-hydrogen) atoms. The van der Waals surface area contributed by atoms with E-state index in [0.717, 1.165) is 32.7 Å². The second-order valence-corrected chi connectivity index (χ2v) is 6.37. The van der Waals surface area contributed by atoms with Crippen LogP contribution in [0.5, 0.6) is 11.5 Å². The van der Waals surface area contributed by atoms with E-state index < -0.39 is 24.7 Å². The molecular formula is C19H27F3N2O5. The smallest absolute Gasteiger partial charge is 0.422 e. The number of carbonyl (C=O) groups is 2. The number of piperidine rings is 1. The van der Waals surface area contributed by atoms with Gasteiger partial charge in [0.05, 0.1) is 12.2 Å². The Morgan fingerprint density at radius 2 is 1.97 bits per heavy atom. The zero-order valence-corrected chi connectivity index (χ0v) is 16.5. The number of carboxylic acids is 1. The molecule has 0 radical (unpaired) electrons. The van der Waals surface area contributed by atoms with Crippen molar-refractivity contribution < 1.29 is 37.3 Å². The molecule has 0 aliphatic carbocycles. The Labute approximate surface area is 167 Å². The number of carboxylic acid groups (broad SMARTS) is 1. The topological polar surface area (TPSA) is 96.9 Å². The van der Waals surface area contributed by atoms with Crippen LogP contribution in [-0.2, 0) is 4.79 Å². The minimum Gasteiger partial charge on any atom is -0.494 e. The summed E-state index contributed by atoms with van der Waals surface area (Å²) in [6, 6.07) is 4.38. The maximum absolute atomic E-state index is 12.4. The molecule has 1 heterocycles. The monoisotopic (exact) mass is 420 g/mol. The number of carbonyl (C=O) groups excluding carboxylic acids is 1. The highest BCUT2D eigenvalue weighted by molar-refractivity contribution is 5.97. The molecule has 7 nitrogen and oxygen atoms in total. The number of amides is 1. The Morgan fingerprint density at radius 1 is 1.28 bits per heavy atom. The summed E-state index contributed by atoms with van der Waals surface area (Å²) >= 11 is 0. The third-order valence-corrected chi connectivity index (χ3v) is 3.82. The normalized spacial score (nSPS) is 16.2. The van der Waals surface area contributed by atoms with Crippen LogP contribution >= 0.6 is 0 Å². The van der Waals surface area contributed by atoms with Crippen molar-refractivity contribution in [2.75, 3.05) is 26.3 Å². The van der Waals surface area contributed by atoms with Gasteiger partial charge < -0.3 is 25.2 Å². The fraction of sp³-hybridized carbons (Fsp3) is 0.579. The predicted octanol–water partition coefficient (Wildman–Crippen LogP) is 2.99. The summed E-state index contributed by atoms with van der Waals surface area (Å²) < 4.78 is 47.3. The summed E-state index contributed by atoms with van der Waals surface area (Å²) in [4.78, 5) is 21.4. The first-order chi connectivity index (χ1) is 13.6. The third kappa shape index (κ3) is 10.6. The molecule has 1 aliphatic heterocycles. The van der Waals surface area contributed by atoms with E-state index in [4.69, 9.17) is 19.4 Å². The molecule has 1 fully saturated rings. The van der Waals surface area contributed by atoms with Gasteiger partial charge in [0.15, 0.2) is 6.61 Å². The first-order valence-electron chi connectivity index (χ1n) is 9.30. The van der Waals surface area contributed by atoms with Crippen LogP contribution in [0.15, 0.2) is 18.2 Å². The number of ether oxygens (including phenoxy) is 2. The molecule has 1 amide bonds. The number of nitrogens with one attached hydrogen (secondary N) is 2. The third-order valence-electron chi connectivity index (χ3n) is 3.82. The van der Waals surface area contributed by atoms with E-state index in [1.165, 1.54) is 18.2 Å². The van der Waals surface area contributed by atoms with E-state index in [1.54, 1.807) is 6.92 Å². The van der Waals surface area contributed by atoms with Crippen molar-refractivity contribution in [2.24, 2.45) is 0 Å². The van der Waals surface area contributed by atoms with E-state index in [1.807, 2.05) is 0 Å². The number of aliphatic carboxylic acids is 1. The van der Waals surface area contributed by atoms with Crippen molar-refractivity contribution >= 4 is 11.9 Å². The molecule has 1 unspecified atom stereocenters. The highest BCUT2D eigenvalue weighted by Gasteiger charge is 2.29. The van der Waals surface area contributed by atoms with Gasteiger partial charge in [-0.15, -0.1) is 0 Å². The quantitative estimate of drug-likeness (QED) is 0.628. The van der Waals surface area contributed by atoms with Crippen LogP contribution in [0.2, 0.25) is 0 Å². The molecule has 0 saturated carbocycles. The van der Waals surface area contributed by atoms with Gasteiger partial charge in [0.1, 0.15) is 11.5 Å². The van der Waals surface area contributed by atoms with Crippen LogP contribution in [-0.4, -0.2) is 55.5 Å². The molecule has 10 heteroatoms. The van der Waals surface area contributed by atoms with Gasteiger partial charge in [0.2, 0.25) is 0 Å². The highest BCUT2D eigenvalue weighted by Crippen LogP contribution is 2.26. The van der Waals surface area contributed by atoms with Gasteiger partial charge in [-0.2, -0.15) is 13.2 Å². The summed E-state index contributed by atoms with van der Waals surface area (Å²) in [6.45, 7) is 3.11. The Hall–Kier alpha value is -2.49. The zero-order valence-electron chi connectivity index (χ0n) is 16.5. The molecule has 0 spiro atoms. The average Bonchev–Trinajstić information content (AvgIpc) is 2.65. The standard InChI is InChI=1S/C17H23F3N2O3.C2H4O2/c1-2-24-13-6-7-15(25-11-17(18,19)20)14(9-13)16(23)22-10-12-5-3-4-8-21-12;1-2(3)4/h6-7,9,12,21H,2-5,8,10-11H2,1H3,(H,22,23);1H3,(H,3,4). The van der Waals surface area contributed by atoms with Crippen LogP contribution in [0.4, 0.5) is 13.2 Å². The molecular weight excluding hydrogens is 393 g/mol. The van der Waals surface area contributed by atoms with Crippen LogP contribution in [0.1, 0.15) is 43.5 Å². The summed E-state index contributed by atoms with van der Waals surface area (Å²) in [5.74, 6) is -1.02. The van der Waals surface area contributed by atoms with E-state index in [9.17, 15) is 18.0 Å². The van der Waals surface area contributed by atoms with Crippen LogP contribution in [0.3, 0.4) is 0 Å². The molecule has 3 N–H and O–H groups in total. The van der Waals surface area contributed by atoms with Gasteiger partial charge in [-0.3, -0.25) is 9.59 Å². The highest BCUT2D eigenvalue weighted by atomic mass is 19.4. The first kappa shape index (κ1) is 24.5. The van der Waals surface area contributed by atoms with E-state index in [-0.39, 0.29) is 17.4 Å². The average molecular weight is 420 g/mol. The maximum atomic E-state index is 12.4. The van der Waals surface area contributed by atoms with Crippen molar-refractivity contribution in [3.05, 3.63) is 23.8 Å². The molecule has 0 bridgehead atoms. The molecule has 2 rings (SSSR count). The summed E-state index contributed by atoms with van der Waals surface area (Å²) in [7, 11) is 0. The molecule has 0 aromatic heterocycles. The van der Waals surface area contributed by atoms with Gasteiger partial charge in [-0.25, -0.2) is 0 Å². The second kappa shape index (κ2) is 12.2. The second-order valence-electron chi connectivity index (χ2n) is 6.37. The number of alkyl halides is 3. The molecule has 1 saturated heterocycles. The predicted molar refractivity (Wildman–Crippen MR) is 100 cm³/mol. The van der Waals surface area contributed by atoms with Gasteiger partial charge in [0.25, 0.3) is 11.9 Å². The van der Waals surface area contributed by atoms with Gasteiger partial charge in [0, 0.05) is 19.5 Å². The van der Waals surface area contributed by atoms with E-state index in [0.29, 0.717) is 18.9 Å². The van der Waals surface area contributed by atoms with E-state index >= 15 is 0 Å². The van der Waals surface area contributed by atoms with Crippen molar-refractivity contribution in [2.45, 2.75) is 45.3 Å². The van der Waals surface area contributed by atoms with Gasteiger partial charge in [-0.05, 0) is 44.5 Å². The lowest BCUT2D eigenvalue weighted by molar-refractivity contribution is -0.153. The summed E-state index contributed by atoms with van der Waals surface area (Å²) in [5.41, 5.74) is 0.0333. The number of hydrogen-bond donors (Lipinski definition) is 3. The number of rotatable bonds is 7. The number of halogens is 3. The Balaban J connectivity index is 0.000000960. The lowest BCUT2D eigenvalue weighted by Crippen LogP contribution is -2.43. The Kier molecular flexibility index (Phi) is 10.3. The van der Waals surface area contributed by atoms with Crippen molar-refractivity contribution in [1.29, 1.82) is 0 Å².